The lowest BCUT2D eigenvalue weighted by Crippen LogP contribution is -2.26. The lowest BCUT2D eigenvalue weighted by atomic mass is 10.2. The summed E-state index contributed by atoms with van der Waals surface area (Å²) in [6.45, 7) is 0.504. The average molecular weight is 318 g/mol. The Morgan fingerprint density at radius 3 is 2.48 bits per heavy atom. The smallest absolute Gasteiger partial charge is 0.339 e. The summed E-state index contributed by atoms with van der Waals surface area (Å²) in [5, 5.41) is 9.15. The second-order valence-corrected chi connectivity index (χ2v) is 5.82. The number of sulfonamides is 1. The predicted molar refractivity (Wildman–Crippen MR) is 75.4 cm³/mol. The third-order valence-corrected chi connectivity index (χ3v) is 4.11. The van der Waals surface area contributed by atoms with Crippen molar-refractivity contribution in [1.29, 1.82) is 0 Å². The molecule has 21 heavy (non-hydrogen) atoms. The highest BCUT2D eigenvalue weighted by Crippen LogP contribution is 2.34. The van der Waals surface area contributed by atoms with Gasteiger partial charge in [0.05, 0.1) is 19.1 Å². The molecule has 8 nitrogen and oxygen atoms in total. The molecule has 118 valence electrons. The monoisotopic (exact) mass is 318 g/mol. The Morgan fingerprint density at radius 2 is 2.00 bits per heavy atom. The van der Waals surface area contributed by atoms with Gasteiger partial charge in [0.15, 0.2) is 11.5 Å². The van der Waals surface area contributed by atoms with Gasteiger partial charge in [0.25, 0.3) is 0 Å². The number of rotatable bonds is 8. The van der Waals surface area contributed by atoms with Gasteiger partial charge >= 0.3 is 5.97 Å². The molecule has 0 radical (unpaired) electrons. The number of carbonyl (C=O) groups is 1. The maximum atomic E-state index is 12.1. The number of hydrogen-bond acceptors (Lipinski definition) is 6. The van der Waals surface area contributed by atoms with Crippen LogP contribution >= 0.6 is 0 Å². The molecule has 0 spiro atoms. The fourth-order valence-corrected chi connectivity index (χ4v) is 2.76. The van der Waals surface area contributed by atoms with E-state index in [0.29, 0.717) is 13.0 Å². The van der Waals surface area contributed by atoms with E-state index < -0.39 is 16.0 Å². The Labute approximate surface area is 122 Å². The second kappa shape index (κ2) is 7.25. The normalized spacial score (nSPS) is 11.2. The van der Waals surface area contributed by atoms with Crippen molar-refractivity contribution >= 4 is 16.0 Å². The van der Waals surface area contributed by atoms with Gasteiger partial charge < -0.3 is 20.3 Å². The lowest BCUT2D eigenvalue weighted by molar-refractivity contribution is 0.0692. The average Bonchev–Trinajstić information content (AvgIpc) is 2.45. The van der Waals surface area contributed by atoms with Crippen LogP contribution < -0.4 is 19.9 Å². The topological polar surface area (TPSA) is 128 Å². The van der Waals surface area contributed by atoms with E-state index in [1.165, 1.54) is 20.3 Å². The molecule has 1 rings (SSSR count). The number of ether oxygens (including phenoxy) is 2. The van der Waals surface area contributed by atoms with E-state index in [4.69, 9.17) is 20.3 Å². The molecule has 0 fully saturated rings. The number of nitrogens with two attached hydrogens (primary N) is 1. The number of aromatic carboxylic acids is 1. The summed E-state index contributed by atoms with van der Waals surface area (Å²) in [6, 6.07) is 2.23. The maximum absolute atomic E-state index is 12.1. The van der Waals surface area contributed by atoms with Crippen molar-refractivity contribution in [2.75, 3.05) is 27.3 Å². The van der Waals surface area contributed by atoms with Crippen LogP contribution in [0.3, 0.4) is 0 Å². The first kappa shape index (κ1) is 17.2. The van der Waals surface area contributed by atoms with Crippen molar-refractivity contribution in [3.05, 3.63) is 17.7 Å². The fraction of sp³-hybridized carbons (Fsp3) is 0.417. The van der Waals surface area contributed by atoms with E-state index in [1.807, 2.05) is 0 Å². The van der Waals surface area contributed by atoms with E-state index in [2.05, 4.69) is 4.72 Å². The molecule has 0 saturated heterocycles. The first-order valence-electron chi connectivity index (χ1n) is 6.06. The van der Waals surface area contributed by atoms with Crippen molar-refractivity contribution in [2.24, 2.45) is 5.73 Å². The molecule has 1 aromatic rings. The first-order valence-corrected chi connectivity index (χ1v) is 7.54. The molecule has 4 N–H and O–H groups in total. The largest absolute Gasteiger partial charge is 0.493 e. The minimum atomic E-state index is -3.85. The standard InChI is InChI=1S/C12H18N2O6S/c1-19-10-7-8(21(17,18)14-5-3-4-13)6-9(12(15)16)11(10)20-2/h6-7,14H,3-5,13H2,1-2H3,(H,15,16). The summed E-state index contributed by atoms with van der Waals surface area (Å²) in [5.41, 5.74) is 5.00. The van der Waals surface area contributed by atoms with Gasteiger partial charge in [0.2, 0.25) is 10.0 Å². The summed E-state index contributed by atoms with van der Waals surface area (Å²) < 4.78 is 36.5. The number of benzene rings is 1. The van der Waals surface area contributed by atoms with Crippen molar-refractivity contribution in [3.63, 3.8) is 0 Å². The van der Waals surface area contributed by atoms with Crippen LogP contribution in [0.4, 0.5) is 0 Å². The zero-order valence-corrected chi connectivity index (χ0v) is 12.6. The Kier molecular flexibility index (Phi) is 5.94. The van der Waals surface area contributed by atoms with Crippen LogP contribution in [-0.4, -0.2) is 46.8 Å². The van der Waals surface area contributed by atoms with Crippen LogP contribution in [0.2, 0.25) is 0 Å². The molecular weight excluding hydrogens is 300 g/mol. The molecule has 0 saturated carbocycles. The molecule has 0 aliphatic carbocycles. The minimum Gasteiger partial charge on any atom is -0.493 e. The molecule has 0 unspecified atom stereocenters. The van der Waals surface area contributed by atoms with Crippen molar-refractivity contribution in [3.8, 4) is 11.5 Å². The van der Waals surface area contributed by atoms with E-state index >= 15 is 0 Å². The van der Waals surface area contributed by atoms with Crippen LogP contribution in [0.25, 0.3) is 0 Å². The lowest BCUT2D eigenvalue weighted by Gasteiger charge is -2.13. The van der Waals surface area contributed by atoms with E-state index in [-0.39, 0.29) is 28.5 Å². The van der Waals surface area contributed by atoms with Gasteiger partial charge in [-0.25, -0.2) is 17.9 Å². The number of hydrogen-bond donors (Lipinski definition) is 3. The Hall–Kier alpha value is -1.84. The summed E-state index contributed by atoms with van der Waals surface area (Å²) >= 11 is 0. The van der Waals surface area contributed by atoms with E-state index in [0.717, 1.165) is 6.07 Å². The fourth-order valence-electron chi connectivity index (χ4n) is 1.65. The van der Waals surface area contributed by atoms with Crippen molar-refractivity contribution in [1.82, 2.24) is 4.72 Å². The minimum absolute atomic E-state index is 0.0246. The quantitative estimate of drug-likeness (QED) is 0.577. The molecule has 0 bridgehead atoms. The molecule has 9 heteroatoms. The highest BCUT2D eigenvalue weighted by Gasteiger charge is 2.23. The van der Waals surface area contributed by atoms with Crippen LogP contribution in [0, 0.1) is 0 Å². The predicted octanol–water partition coefficient (Wildman–Crippen LogP) is 0.0291. The SMILES string of the molecule is COc1cc(S(=O)(=O)NCCCN)cc(C(=O)O)c1OC. The molecule has 0 aromatic heterocycles. The van der Waals surface area contributed by atoms with E-state index in [1.54, 1.807) is 0 Å². The van der Waals surface area contributed by atoms with Gasteiger partial charge in [-0.05, 0) is 19.0 Å². The molecule has 0 amide bonds. The summed E-state index contributed by atoms with van der Waals surface area (Å²) in [6.07, 6.45) is 0.471. The second-order valence-electron chi connectivity index (χ2n) is 4.05. The Bertz CT molecular complexity index is 614. The van der Waals surface area contributed by atoms with Crippen LogP contribution in [0.15, 0.2) is 17.0 Å². The molecule has 0 aliphatic rings. The maximum Gasteiger partial charge on any atom is 0.339 e. The third-order valence-electron chi connectivity index (χ3n) is 2.67. The molecule has 1 aromatic carbocycles. The Morgan fingerprint density at radius 1 is 1.33 bits per heavy atom. The highest BCUT2D eigenvalue weighted by molar-refractivity contribution is 7.89. The Balaban J connectivity index is 3.31. The van der Waals surface area contributed by atoms with Gasteiger partial charge in [-0.2, -0.15) is 0 Å². The zero-order valence-electron chi connectivity index (χ0n) is 11.8. The molecule has 0 aliphatic heterocycles. The van der Waals surface area contributed by atoms with Crippen LogP contribution in [0.5, 0.6) is 11.5 Å². The van der Waals surface area contributed by atoms with Gasteiger partial charge in [-0.15, -0.1) is 0 Å². The summed E-state index contributed by atoms with van der Waals surface area (Å²) in [7, 11) is -1.28. The third kappa shape index (κ3) is 4.06. The van der Waals surface area contributed by atoms with Crippen molar-refractivity contribution in [2.45, 2.75) is 11.3 Å². The van der Waals surface area contributed by atoms with Gasteiger partial charge in [-0.3, -0.25) is 0 Å². The summed E-state index contributed by atoms with van der Waals surface area (Å²) in [4.78, 5) is 11.0. The number of carboxylic acids is 1. The zero-order chi connectivity index (χ0) is 16.0. The highest BCUT2D eigenvalue weighted by atomic mass is 32.2. The van der Waals surface area contributed by atoms with Crippen molar-refractivity contribution < 1.29 is 27.8 Å². The molecule has 0 heterocycles. The van der Waals surface area contributed by atoms with Gasteiger partial charge in [0.1, 0.15) is 5.56 Å². The van der Waals surface area contributed by atoms with Gasteiger partial charge in [-0.1, -0.05) is 0 Å². The molecule has 0 atom stereocenters. The number of nitrogens with one attached hydrogen (secondary N) is 1. The van der Waals surface area contributed by atoms with Crippen LogP contribution in [-0.2, 0) is 10.0 Å². The van der Waals surface area contributed by atoms with Gasteiger partial charge in [0, 0.05) is 12.6 Å². The van der Waals surface area contributed by atoms with E-state index in [9.17, 15) is 13.2 Å². The summed E-state index contributed by atoms with van der Waals surface area (Å²) in [5.74, 6) is -1.33. The number of methoxy groups -OCH3 is 2. The first-order chi connectivity index (χ1) is 9.87. The number of carboxylic acid groups (broad SMARTS) is 1. The molecular formula is C12H18N2O6S. The van der Waals surface area contributed by atoms with Crippen LogP contribution in [0.1, 0.15) is 16.8 Å².